The molecule has 0 saturated heterocycles. The van der Waals surface area contributed by atoms with Gasteiger partial charge in [0.05, 0.1) is 12.3 Å². The van der Waals surface area contributed by atoms with Crippen molar-refractivity contribution >= 4 is 5.78 Å². The minimum atomic E-state index is -0.332. The van der Waals surface area contributed by atoms with Crippen LogP contribution in [0.2, 0.25) is 0 Å². The van der Waals surface area contributed by atoms with E-state index in [1.807, 2.05) is 13.8 Å². The number of Topliss-reactive ketones (excluding diaryl/α,β-unsaturated/α-hetero) is 1. The number of hydrogen-bond donors (Lipinski definition) is 0. The summed E-state index contributed by atoms with van der Waals surface area (Å²) in [6.45, 7) is 3.88. The highest BCUT2D eigenvalue weighted by Gasteiger charge is 2.36. The second-order valence-corrected chi connectivity index (χ2v) is 4.93. The highest BCUT2D eigenvalue weighted by atomic mass is 16.5. The quantitative estimate of drug-likeness (QED) is 0.727. The standard InChI is InChI=1S/C14H19NO3/c1-9(2)18-12-6-11(7-15-8-12)13(16)14(17-3)10-4-5-10/h6-10,14H,4-5H2,1-3H3. The molecule has 1 saturated carbocycles. The van der Waals surface area contributed by atoms with Crippen molar-refractivity contribution in [3.05, 3.63) is 24.0 Å². The molecule has 1 unspecified atom stereocenters. The minimum Gasteiger partial charge on any atom is -0.489 e. The van der Waals surface area contributed by atoms with Crippen LogP contribution in [-0.4, -0.2) is 30.1 Å². The van der Waals surface area contributed by atoms with Crippen molar-refractivity contribution in [1.29, 1.82) is 0 Å². The Kier molecular flexibility index (Phi) is 3.97. The van der Waals surface area contributed by atoms with Gasteiger partial charge in [0.1, 0.15) is 11.9 Å². The molecule has 1 atom stereocenters. The maximum absolute atomic E-state index is 12.3. The normalized spacial score (nSPS) is 16.7. The van der Waals surface area contributed by atoms with Gasteiger partial charge >= 0.3 is 0 Å². The molecule has 1 aliphatic rings. The van der Waals surface area contributed by atoms with Gasteiger partial charge in [0, 0.05) is 18.9 Å². The Labute approximate surface area is 107 Å². The van der Waals surface area contributed by atoms with Crippen LogP contribution < -0.4 is 4.74 Å². The van der Waals surface area contributed by atoms with Crippen molar-refractivity contribution in [3.8, 4) is 5.75 Å². The molecule has 1 aromatic heterocycles. The fourth-order valence-corrected chi connectivity index (χ4v) is 1.97. The molecule has 0 bridgehead atoms. The minimum absolute atomic E-state index is 0.00158. The first-order chi connectivity index (χ1) is 8.61. The van der Waals surface area contributed by atoms with E-state index in [0.717, 1.165) is 12.8 Å². The number of ketones is 1. The summed E-state index contributed by atoms with van der Waals surface area (Å²) < 4.78 is 10.8. The number of pyridine rings is 1. The molecule has 1 aliphatic carbocycles. The Balaban J connectivity index is 2.13. The third-order valence-corrected chi connectivity index (χ3v) is 2.93. The first kappa shape index (κ1) is 13.0. The average Bonchev–Trinajstić information content (AvgIpc) is 3.14. The molecular weight excluding hydrogens is 230 g/mol. The molecule has 18 heavy (non-hydrogen) atoms. The maximum atomic E-state index is 12.3. The van der Waals surface area contributed by atoms with Crippen molar-refractivity contribution in [2.24, 2.45) is 5.92 Å². The average molecular weight is 249 g/mol. The summed E-state index contributed by atoms with van der Waals surface area (Å²) in [4.78, 5) is 16.3. The largest absolute Gasteiger partial charge is 0.489 e. The van der Waals surface area contributed by atoms with Gasteiger partial charge in [-0.05, 0) is 38.7 Å². The second-order valence-electron chi connectivity index (χ2n) is 4.93. The van der Waals surface area contributed by atoms with E-state index in [4.69, 9.17) is 9.47 Å². The van der Waals surface area contributed by atoms with Gasteiger partial charge in [-0.25, -0.2) is 0 Å². The van der Waals surface area contributed by atoms with Gasteiger partial charge in [0.15, 0.2) is 5.78 Å². The number of hydrogen-bond acceptors (Lipinski definition) is 4. The highest BCUT2D eigenvalue weighted by Crippen LogP contribution is 2.35. The van der Waals surface area contributed by atoms with Gasteiger partial charge in [-0.1, -0.05) is 0 Å². The Morgan fingerprint density at radius 1 is 1.39 bits per heavy atom. The van der Waals surface area contributed by atoms with E-state index in [-0.39, 0.29) is 18.0 Å². The lowest BCUT2D eigenvalue weighted by Crippen LogP contribution is -2.25. The van der Waals surface area contributed by atoms with Crippen LogP contribution in [0.4, 0.5) is 0 Å². The lowest BCUT2D eigenvalue weighted by atomic mass is 10.0. The van der Waals surface area contributed by atoms with Gasteiger partial charge in [0.25, 0.3) is 0 Å². The zero-order valence-electron chi connectivity index (χ0n) is 11.1. The predicted octanol–water partition coefficient (Wildman–Crippen LogP) is 2.48. The Hall–Kier alpha value is -1.42. The number of methoxy groups -OCH3 is 1. The summed E-state index contributed by atoms with van der Waals surface area (Å²) in [5, 5.41) is 0. The first-order valence-corrected chi connectivity index (χ1v) is 6.30. The lowest BCUT2D eigenvalue weighted by Gasteiger charge is -2.14. The number of ether oxygens (including phenoxy) is 2. The summed E-state index contributed by atoms with van der Waals surface area (Å²) in [5.74, 6) is 1.00. The maximum Gasteiger partial charge on any atom is 0.193 e. The molecule has 4 heteroatoms. The predicted molar refractivity (Wildman–Crippen MR) is 67.9 cm³/mol. The smallest absolute Gasteiger partial charge is 0.193 e. The molecule has 0 spiro atoms. The third kappa shape index (κ3) is 3.07. The van der Waals surface area contributed by atoms with E-state index in [2.05, 4.69) is 4.98 Å². The molecule has 1 fully saturated rings. The van der Waals surface area contributed by atoms with Crippen molar-refractivity contribution in [2.45, 2.75) is 38.9 Å². The summed E-state index contributed by atoms with van der Waals surface area (Å²) in [6.07, 6.45) is 5.07. The highest BCUT2D eigenvalue weighted by molar-refractivity contribution is 5.99. The fraction of sp³-hybridized carbons (Fsp3) is 0.571. The van der Waals surface area contributed by atoms with Gasteiger partial charge in [0.2, 0.25) is 0 Å². The molecule has 0 amide bonds. The van der Waals surface area contributed by atoms with E-state index in [1.165, 1.54) is 0 Å². The molecule has 98 valence electrons. The molecule has 4 nitrogen and oxygen atoms in total. The lowest BCUT2D eigenvalue weighted by molar-refractivity contribution is 0.0539. The molecule has 0 aromatic carbocycles. The molecule has 1 heterocycles. The second kappa shape index (κ2) is 5.48. The summed E-state index contributed by atoms with van der Waals surface area (Å²) in [7, 11) is 1.59. The zero-order chi connectivity index (χ0) is 13.1. The molecule has 2 rings (SSSR count). The van der Waals surface area contributed by atoms with Gasteiger partial charge in [-0.2, -0.15) is 0 Å². The zero-order valence-corrected chi connectivity index (χ0v) is 11.1. The molecule has 0 N–H and O–H groups in total. The fourth-order valence-electron chi connectivity index (χ4n) is 1.97. The number of aromatic nitrogens is 1. The number of rotatable bonds is 6. The molecule has 1 aromatic rings. The monoisotopic (exact) mass is 249 g/mol. The summed E-state index contributed by atoms with van der Waals surface area (Å²) in [5.41, 5.74) is 0.562. The number of carbonyl (C=O) groups is 1. The van der Waals surface area contributed by atoms with Crippen LogP contribution in [0.15, 0.2) is 18.5 Å². The van der Waals surface area contributed by atoms with E-state index in [1.54, 1.807) is 25.6 Å². The third-order valence-electron chi connectivity index (χ3n) is 2.93. The van der Waals surface area contributed by atoms with E-state index in [9.17, 15) is 4.79 Å². The Morgan fingerprint density at radius 3 is 2.67 bits per heavy atom. The Morgan fingerprint density at radius 2 is 2.11 bits per heavy atom. The van der Waals surface area contributed by atoms with Crippen LogP contribution >= 0.6 is 0 Å². The van der Waals surface area contributed by atoms with Gasteiger partial charge in [-0.3, -0.25) is 9.78 Å². The van der Waals surface area contributed by atoms with Crippen molar-refractivity contribution < 1.29 is 14.3 Å². The van der Waals surface area contributed by atoms with Crippen LogP contribution in [-0.2, 0) is 4.74 Å². The summed E-state index contributed by atoms with van der Waals surface area (Å²) in [6, 6.07) is 1.74. The SMILES string of the molecule is COC(C(=O)c1cncc(OC(C)C)c1)C1CC1. The van der Waals surface area contributed by atoms with E-state index in [0.29, 0.717) is 17.2 Å². The Bertz CT molecular complexity index is 427. The molecule has 0 aliphatic heterocycles. The topological polar surface area (TPSA) is 48.4 Å². The number of nitrogens with zero attached hydrogens (tertiary/aromatic N) is 1. The molecule has 0 radical (unpaired) electrons. The van der Waals surface area contributed by atoms with Crippen molar-refractivity contribution in [2.75, 3.05) is 7.11 Å². The molecular formula is C14H19NO3. The summed E-state index contributed by atoms with van der Waals surface area (Å²) >= 11 is 0. The van der Waals surface area contributed by atoms with Crippen LogP contribution in [0.5, 0.6) is 5.75 Å². The number of carbonyl (C=O) groups excluding carboxylic acids is 1. The van der Waals surface area contributed by atoms with Gasteiger partial charge < -0.3 is 9.47 Å². The van der Waals surface area contributed by atoms with Crippen molar-refractivity contribution in [1.82, 2.24) is 4.98 Å². The van der Waals surface area contributed by atoms with Crippen molar-refractivity contribution in [3.63, 3.8) is 0 Å². The van der Waals surface area contributed by atoms with Crippen LogP contribution in [0.3, 0.4) is 0 Å². The van der Waals surface area contributed by atoms with E-state index >= 15 is 0 Å². The van der Waals surface area contributed by atoms with Crippen LogP contribution in [0.1, 0.15) is 37.0 Å². The van der Waals surface area contributed by atoms with Crippen LogP contribution in [0.25, 0.3) is 0 Å². The first-order valence-electron chi connectivity index (χ1n) is 6.30. The van der Waals surface area contributed by atoms with Gasteiger partial charge in [-0.15, -0.1) is 0 Å². The van der Waals surface area contributed by atoms with E-state index < -0.39 is 0 Å². The van der Waals surface area contributed by atoms with Crippen LogP contribution in [0, 0.1) is 5.92 Å².